The molecule has 0 spiro atoms. The van der Waals surface area contributed by atoms with Crippen molar-refractivity contribution < 1.29 is 4.79 Å². The summed E-state index contributed by atoms with van der Waals surface area (Å²) in [4.78, 5) is 37.4. The Labute approximate surface area is 192 Å². The van der Waals surface area contributed by atoms with Gasteiger partial charge in [0.2, 0.25) is 11.9 Å². The molecule has 0 saturated carbocycles. The Morgan fingerprint density at radius 1 is 1.09 bits per heavy atom. The van der Waals surface area contributed by atoms with E-state index in [4.69, 9.17) is 4.98 Å². The summed E-state index contributed by atoms with van der Waals surface area (Å²) in [7, 11) is 0. The van der Waals surface area contributed by atoms with Gasteiger partial charge in [-0.15, -0.1) is 11.3 Å². The second-order valence-electron chi connectivity index (χ2n) is 8.27. The fourth-order valence-corrected chi connectivity index (χ4v) is 5.09. The van der Waals surface area contributed by atoms with Crippen LogP contribution in [0.4, 0.5) is 11.6 Å². The summed E-state index contributed by atoms with van der Waals surface area (Å²) in [6.07, 6.45) is 0. The molecule has 32 heavy (non-hydrogen) atoms. The number of carbonyl (C=O) groups is 1. The Morgan fingerprint density at radius 2 is 1.81 bits per heavy atom. The van der Waals surface area contributed by atoms with E-state index in [1.807, 2.05) is 35.1 Å². The lowest BCUT2D eigenvalue weighted by molar-refractivity contribution is -0.132. The van der Waals surface area contributed by atoms with Crippen LogP contribution in [0.25, 0.3) is 10.2 Å². The molecule has 1 aliphatic rings. The molecule has 1 amide bonds. The molecule has 4 rings (SSSR count). The minimum atomic E-state index is -0.130. The Bertz CT molecular complexity index is 1170. The molecule has 3 aromatic rings. The molecule has 0 radical (unpaired) electrons. The maximum Gasteiger partial charge on any atom is 0.273 e. The standard InChI is InChI=1S/C24H31N5O2S/c1-5-26(6-2)24-25-19-9-14-32-22(19)23(31)29(24)16-21(30)28-12-10-27(11-13-28)20-15-17(3)7-8-18(20)4/h7-9,14-15H,5-6,10-13,16H2,1-4H3. The number of aryl methyl sites for hydroxylation is 2. The molecule has 2 aromatic heterocycles. The van der Waals surface area contributed by atoms with Crippen LogP contribution in [0.5, 0.6) is 0 Å². The van der Waals surface area contributed by atoms with Crippen LogP contribution in [0.15, 0.2) is 34.4 Å². The summed E-state index contributed by atoms with van der Waals surface area (Å²) in [6.45, 7) is 12.6. The number of nitrogens with zero attached hydrogens (tertiary/aromatic N) is 5. The first kappa shape index (κ1) is 22.3. The van der Waals surface area contributed by atoms with E-state index < -0.39 is 0 Å². The molecular formula is C24H31N5O2S. The van der Waals surface area contributed by atoms with Crippen LogP contribution >= 0.6 is 11.3 Å². The SMILES string of the molecule is CCN(CC)c1nc2ccsc2c(=O)n1CC(=O)N1CCN(c2cc(C)ccc2C)CC1. The lowest BCUT2D eigenvalue weighted by atomic mass is 10.1. The zero-order valence-electron chi connectivity index (χ0n) is 19.3. The van der Waals surface area contributed by atoms with Crippen LogP contribution in [0.2, 0.25) is 0 Å². The number of aromatic nitrogens is 2. The molecule has 0 N–H and O–H groups in total. The number of benzene rings is 1. The number of rotatable bonds is 6. The minimum absolute atomic E-state index is 0.0228. The smallest absolute Gasteiger partial charge is 0.273 e. The number of carbonyl (C=O) groups excluding carboxylic acids is 1. The number of hydrogen-bond acceptors (Lipinski definition) is 6. The predicted octanol–water partition coefficient (Wildman–Crippen LogP) is 3.27. The van der Waals surface area contributed by atoms with Gasteiger partial charge >= 0.3 is 0 Å². The predicted molar refractivity (Wildman–Crippen MR) is 132 cm³/mol. The van der Waals surface area contributed by atoms with Gasteiger partial charge in [0, 0.05) is 45.0 Å². The van der Waals surface area contributed by atoms with Gasteiger partial charge in [0.1, 0.15) is 11.2 Å². The third-order valence-corrected chi connectivity index (χ3v) is 7.11. The Kier molecular flexibility index (Phi) is 6.50. The van der Waals surface area contributed by atoms with Crippen molar-refractivity contribution in [2.45, 2.75) is 34.2 Å². The van der Waals surface area contributed by atoms with Crippen molar-refractivity contribution in [2.75, 3.05) is 49.1 Å². The molecule has 1 fully saturated rings. The summed E-state index contributed by atoms with van der Waals surface area (Å²) in [5.74, 6) is 0.548. The van der Waals surface area contributed by atoms with Gasteiger partial charge < -0.3 is 14.7 Å². The van der Waals surface area contributed by atoms with E-state index in [1.165, 1.54) is 28.2 Å². The number of fused-ring (bicyclic) bond motifs is 1. The summed E-state index contributed by atoms with van der Waals surface area (Å²) in [5, 5.41) is 1.88. The quantitative estimate of drug-likeness (QED) is 0.573. The first-order chi connectivity index (χ1) is 15.4. The lowest BCUT2D eigenvalue weighted by Gasteiger charge is -2.37. The van der Waals surface area contributed by atoms with Crippen LogP contribution < -0.4 is 15.4 Å². The molecule has 8 heteroatoms. The van der Waals surface area contributed by atoms with Crippen molar-refractivity contribution in [3.63, 3.8) is 0 Å². The van der Waals surface area contributed by atoms with Crippen molar-refractivity contribution in [2.24, 2.45) is 0 Å². The Hall–Kier alpha value is -2.87. The maximum atomic E-state index is 13.2. The highest BCUT2D eigenvalue weighted by Gasteiger charge is 2.25. The van der Waals surface area contributed by atoms with Crippen molar-refractivity contribution in [1.29, 1.82) is 0 Å². The van der Waals surface area contributed by atoms with Gasteiger partial charge in [-0.25, -0.2) is 4.98 Å². The molecule has 170 valence electrons. The molecular weight excluding hydrogens is 422 g/mol. The van der Waals surface area contributed by atoms with Gasteiger partial charge in [0.25, 0.3) is 5.56 Å². The highest BCUT2D eigenvalue weighted by atomic mass is 32.1. The average Bonchev–Trinajstić information content (AvgIpc) is 3.27. The van der Waals surface area contributed by atoms with Gasteiger partial charge in [-0.3, -0.25) is 14.2 Å². The number of piperazine rings is 1. The van der Waals surface area contributed by atoms with E-state index in [0.29, 0.717) is 29.3 Å². The summed E-state index contributed by atoms with van der Waals surface area (Å²) < 4.78 is 2.17. The van der Waals surface area contributed by atoms with E-state index >= 15 is 0 Å². The lowest BCUT2D eigenvalue weighted by Crippen LogP contribution is -2.50. The average molecular weight is 454 g/mol. The van der Waals surface area contributed by atoms with Crippen LogP contribution in [-0.2, 0) is 11.3 Å². The molecule has 0 bridgehead atoms. The van der Waals surface area contributed by atoms with E-state index in [-0.39, 0.29) is 18.0 Å². The molecule has 1 saturated heterocycles. The maximum absolute atomic E-state index is 13.2. The van der Waals surface area contributed by atoms with E-state index in [0.717, 1.165) is 26.2 Å². The minimum Gasteiger partial charge on any atom is -0.368 e. The number of amides is 1. The molecule has 0 atom stereocenters. The van der Waals surface area contributed by atoms with Crippen LogP contribution in [0.3, 0.4) is 0 Å². The molecule has 7 nitrogen and oxygen atoms in total. The monoisotopic (exact) mass is 453 g/mol. The third kappa shape index (κ3) is 4.24. The molecule has 0 unspecified atom stereocenters. The topological polar surface area (TPSA) is 61.7 Å². The molecule has 1 aliphatic heterocycles. The highest BCUT2D eigenvalue weighted by Crippen LogP contribution is 2.23. The van der Waals surface area contributed by atoms with Crippen molar-refractivity contribution in [3.8, 4) is 0 Å². The summed E-state index contributed by atoms with van der Waals surface area (Å²) in [6, 6.07) is 8.36. The number of anilines is 2. The molecule has 3 heterocycles. The van der Waals surface area contributed by atoms with E-state index in [1.54, 1.807) is 4.57 Å². The van der Waals surface area contributed by atoms with Gasteiger partial charge in [-0.05, 0) is 56.3 Å². The number of hydrogen-bond donors (Lipinski definition) is 0. The fraction of sp³-hybridized carbons (Fsp3) is 0.458. The zero-order chi connectivity index (χ0) is 22.8. The third-order valence-electron chi connectivity index (χ3n) is 6.22. The second kappa shape index (κ2) is 9.32. The van der Waals surface area contributed by atoms with Gasteiger partial charge in [-0.1, -0.05) is 12.1 Å². The molecule has 1 aromatic carbocycles. The normalized spacial score (nSPS) is 14.2. The first-order valence-corrected chi connectivity index (χ1v) is 12.1. The van der Waals surface area contributed by atoms with Crippen molar-refractivity contribution >= 4 is 39.1 Å². The van der Waals surface area contributed by atoms with E-state index in [9.17, 15) is 9.59 Å². The highest BCUT2D eigenvalue weighted by molar-refractivity contribution is 7.17. The first-order valence-electron chi connectivity index (χ1n) is 11.3. The van der Waals surface area contributed by atoms with Gasteiger partial charge in [0.15, 0.2) is 0 Å². The Balaban J connectivity index is 1.53. The van der Waals surface area contributed by atoms with E-state index in [2.05, 4.69) is 36.9 Å². The van der Waals surface area contributed by atoms with Gasteiger partial charge in [-0.2, -0.15) is 0 Å². The van der Waals surface area contributed by atoms with Gasteiger partial charge in [0.05, 0.1) is 5.52 Å². The summed E-state index contributed by atoms with van der Waals surface area (Å²) >= 11 is 1.38. The van der Waals surface area contributed by atoms with Crippen LogP contribution in [0, 0.1) is 13.8 Å². The summed E-state index contributed by atoms with van der Waals surface area (Å²) in [5.41, 5.74) is 4.30. The zero-order valence-corrected chi connectivity index (χ0v) is 20.1. The molecule has 0 aliphatic carbocycles. The van der Waals surface area contributed by atoms with Crippen molar-refractivity contribution in [3.05, 3.63) is 51.1 Å². The Morgan fingerprint density at radius 3 is 2.50 bits per heavy atom. The fourth-order valence-electron chi connectivity index (χ4n) is 4.31. The number of thiophene rings is 1. The largest absolute Gasteiger partial charge is 0.368 e. The second-order valence-corrected chi connectivity index (χ2v) is 9.18. The van der Waals surface area contributed by atoms with Crippen molar-refractivity contribution in [1.82, 2.24) is 14.5 Å². The van der Waals surface area contributed by atoms with Crippen LogP contribution in [0.1, 0.15) is 25.0 Å². The van der Waals surface area contributed by atoms with Crippen LogP contribution in [-0.4, -0.2) is 59.6 Å².